The first-order valence-electron chi connectivity index (χ1n) is 7.37. The highest BCUT2D eigenvalue weighted by molar-refractivity contribution is 7.09. The molecule has 1 aliphatic rings. The van der Waals surface area contributed by atoms with Gasteiger partial charge in [-0.1, -0.05) is 30.3 Å². The Balaban J connectivity index is 1.67. The Morgan fingerprint density at radius 2 is 1.96 bits per heavy atom. The van der Waals surface area contributed by atoms with Crippen molar-refractivity contribution in [3.8, 4) is 11.4 Å². The summed E-state index contributed by atoms with van der Waals surface area (Å²) in [6, 6.07) is 9.49. The predicted molar refractivity (Wildman–Crippen MR) is 84.6 cm³/mol. The Hall–Kier alpha value is -1.67. The van der Waals surface area contributed by atoms with Crippen molar-refractivity contribution in [1.29, 1.82) is 0 Å². The molecule has 1 unspecified atom stereocenters. The second-order valence-corrected chi connectivity index (χ2v) is 6.38. The quantitative estimate of drug-likeness (QED) is 0.857. The van der Waals surface area contributed by atoms with Gasteiger partial charge in [0.1, 0.15) is 0 Å². The Morgan fingerprint density at radius 3 is 2.61 bits per heavy atom. The van der Waals surface area contributed by atoms with Crippen molar-refractivity contribution < 1.29 is 13.2 Å². The molecule has 1 atom stereocenters. The molecule has 0 radical (unpaired) electrons. The zero-order valence-electron chi connectivity index (χ0n) is 12.6. The SMILES string of the molecule is CC1CN(c2nc(-c3ccccc3)ns2)CCN1CC(F)(F)F. The van der Waals surface area contributed by atoms with E-state index in [-0.39, 0.29) is 6.04 Å². The highest BCUT2D eigenvalue weighted by atomic mass is 32.1. The first-order chi connectivity index (χ1) is 10.9. The Labute approximate surface area is 136 Å². The molecular formula is C15H17F3N4S. The van der Waals surface area contributed by atoms with Crippen LogP contribution in [0.3, 0.4) is 0 Å². The van der Waals surface area contributed by atoms with Crippen molar-refractivity contribution >= 4 is 16.7 Å². The van der Waals surface area contributed by atoms with E-state index in [1.165, 1.54) is 16.4 Å². The van der Waals surface area contributed by atoms with Gasteiger partial charge in [0.2, 0.25) is 5.13 Å². The summed E-state index contributed by atoms with van der Waals surface area (Å²) in [6.07, 6.45) is -4.15. The van der Waals surface area contributed by atoms with Crippen LogP contribution < -0.4 is 4.90 Å². The summed E-state index contributed by atoms with van der Waals surface area (Å²) in [7, 11) is 0. The predicted octanol–water partition coefficient (Wildman–Crippen LogP) is 3.28. The van der Waals surface area contributed by atoms with Crippen molar-refractivity contribution in [3.05, 3.63) is 30.3 Å². The largest absolute Gasteiger partial charge is 0.401 e. The van der Waals surface area contributed by atoms with Crippen LogP contribution in [-0.4, -0.2) is 52.7 Å². The van der Waals surface area contributed by atoms with Gasteiger partial charge in [-0.2, -0.15) is 22.5 Å². The van der Waals surface area contributed by atoms with E-state index in [0.717, 1.165) is 10.7 Å². The third-order valence-corrected chi connectivity index (χ3v) is 4.64. The molecule has 124 valence electrons. The van der Waals surface area contributed by atoms with Gasteiger partial charge in [0.25, 0.3) is 0 Å². The molecule has 0 bridgehead atoms. The number of piperazine rings is 1. The van der Waals surface area contributed by atoms with Gasteiger partial charge >= 0.3 is 6.18 Å². The highest BCUT2D eigenvalue weighted by Gasteiger charge is 2.35. The summed E-state index contributed by atoms with van der Waals surface area (Å²) in [6.45, 7) is 2.40. The molecule has 1 fully saturated rings. The third-order valence-electron chi connectivity index (χ3n) is 3.87. The van der Waals surface area contributed by atoms with Crippen LogP contribution in [0.2, 0.25) is 0 Å². The molecule has 0 saturated carbocycles. The fraction of sp³-hybridized carbons (Fsp3) is 0.467. The number of halogens is 3. The number of hydrogen-bond donors (Lipinski definition) is 0. The number of benzene rings is 1. The Morgan fingerprint density at radius 1 is 1.22 bits per heavy atom. The fourth-order valence-corrected chi connectivity index (χ4v) is 3.41. The molecule has 1 aromatic heterocycles. The molecule has 4 nitrogen and oxygen atoms in total. The first kappa shape index (κ1) is 16.2. The van der Waals surface area contributed by atoms with Crippen LogP contribution in [0.1, 0.15) is 6.92 Å². The zero-order valence-corrected chi connectivity index (χ0v) is 13.4. The molecule has 1 aromatic carbocycles. The van der Waals surface area contributed by atoms with E-state index >= 15 is 0 Å². The van der Waals surface area contributed by atoms with E-state index in [4.69, 9.17) is 0 Å². The second-order valence-electron chi connectivity index (χ2n) is 5.65. The number of aromatic nitrogens is 2. The fourth-order valence-electron chi connectivity index (χ4n) is 2.68. The van der Waals surface area contributed by atoms with Gasteiger partial charge in [-0.15, -0.1) is 0 Å². The summed E-state index contributed by atoms with van der Waals surface area (Å²) < 4.78 is 42.0. The van der Waals surface area contributed by atoms with Crippen LogP contribution in [0.15, 0.2) is 30.3 Å². The molecular weight excluding hydrogens is 325 g/mol. The molecule has 0 amide bonds. The van der Waals surface area contributed by atoms with E-state index in [9.17, 15) is 13.2 Å². The average molecular weight is 342 g/mol. The molecule has 0 spiro atoms. The van der Waals surface area contributed by atoms with E-state index in [2.05, 4.69) is 9.36 Å². The smallest absolute Gasteiger partial charge is 0.344 e. The lowest BCUT2D eigenvalue weighted by Crippen LogP contribution is -2.54. The standard InChI is InChI=1S/C15H17F3N4S/c1-11-9-21(7-8-22(11)10-15(16,17)18)14-19-13(20-23-14)12-5-3-2-4-6-12/h2-6,11H,7-10H2,1H3. The number of rotatable bonds is 3. The summed E-state index contributed by atoms with van der Waals surface area (Å²) in [4.78, 5) is 8.01. The molecule has 3 rings (SSSR count). The van der Waals surface area contributed by atoms with Gasteiger partial charge < -0.3 is 4.90 Å². The maximum Gasteiger partial charge on any atom is 0.401 e. The molecule has 1 aliphatic heterocycles. The summed E-state index contributed by atoms with van der Waals surface area (Å²) in [5.41, 5.74) is 0.943. The Bertz CT molecular complexity index is 644. The van der Waals surface area contributed by atoms with Crippen molar-refractivity contribution in [2.45, 2.75) is 19.1 Å². The molecule has 8 heteroatoms. The zero-order chi connectivity index (χ0) is 16.4. The number of hydrogen-bond acceptors (Lipinski definition) is 5. The molecule has 0 aliphatic carbocycles. The lowest BCUT2D eigenvalue weighted by molar-refractivity contribution is -0.150. The van der Waals surface area contributed by atoms with Gasteiger partial charge in [0.15, 0.2) is 5.82 Å². The van der Waals surface area contributed by atoms with E-state index in [1.807, 2.05) is 42.2 Å². The van der Waals surface area contributed by atoms with Gasteiger partial charge in [0.05, 0.1) is 6.54 Å². The minimum atomic E-state index is -4.15. The molecule has 0 N–H and O–H groups in total. The lowest BCUT2D eigenvalue weighted by Gasteiger charge is -2.39. The number of nitrogens with zero attached hydrogens (tertiary/aromatic N) is 4. The van der Waals surface area contributed by atoms with Gasteiger partial charge in [-0.3, -0.25) is 4.90 Å². The number of alkyl halides is 3. The maximum atomic E-state index is 12.5. The normalized spacial score (nSPS) is 20.0. The van der Waals surface area contributed by atoms with E-state index < -0.39 is 12.7 Å². The van der Waals surface area contributed by atoms with Gasteiger partial charge in [0, 0.05) is 42.8 Å². The van der Waals surface area contributed by atoms with Gasteiger partial charge in [-0.25, -0.2) is 0 Å². The molecule has 23 heavy (non-hydrogen) atoms. The minimum Gasteiger partial charge on any atom is -0.344 e. The van der Waals surface area contributed by atoms with Crippen LogP contribution in [0.4, 0.5) is 18.3 Å². The van der Waals surface area contributed by atoms with Crippen molar-refractivity contribution in [3.63, 3.8) is 0 Å². The van der Waals surface area contributed by atoms with Crippen molar-refractivity contribution in [1.82, 2.24) is 14.3 Å². The van der Waals surface area contributed by atoms with E-state index in [1.54, 1.807) is 0 Å². The molecule has 1 saturated heterocycles. The maximum absolute atomic E-state index is 12.5. The summed E-state index contributed by atoms with van der Waals surface area (Å²) in [5.74, 6) is 0.663. The lowest BCUT2D eigenvalue weighted by atomic mass is 10.2. The third kappa shape index (κ3) is 4.00. The van der Waals surface area contributed by atoms with Crippen LogP contribution in [0.5, 0.6) is 0 Å². The minimum absolute atomic E-state index is 0.172. The molecule has 2 heterocycles. The first-order valence-corrected chi connectivity index (χ1v) is 8.14. The Kier molecular flexibility index (Phi) is 4.54. The van der Waals surface area contributed by atoms with Crippen LogP contribution in [0, 0.1) is 0 Å². The van der Waals surface area contributed by atoms with Crippen molar-refractivity contribution in [2.75, 3.05) is 31.1 Å². The summed E-state index contributed by atoms with van der Waals surface area (Å²) in [5, 5.41) is 0.766. The van der Waals surface area contributed by atoms with Crippen LogP contribution in [-0.2, 0) is 0 Å². The average Bonchev–Trinajstić information content (AvgIpc) is 2.99. The van der Waals surface area contributed by atoms with Gasteiger partial charge in [-0.05, 0) is 6.92 Å². The van der Waals surface area contributed by atoms with E-state index in [0.29, 0.717) is 25.5 Å². The monoisotopic (exact) mass is 342 g/mol. The van der Waals surface area contributed by atoms with Crippen LogP contribution in [0.25, 0.3) is 11.4 Å². The second kappa shape index (κ2) is 6.45. The topological polar surface area (TPSA) is 32.3 Å². The van der Waals surface area contributed by atoms with Crippen LogP contribution >= 0.6 is 11.5 Å². The summed E-state index contributed by atoms with van der Waals surface area (Å²) >= 11 is 1.29. The highest BCUT2D eigenvalue weighted by Crippen LogP contribution is 2.27. The number of anilines is 1. The molecule has 2 aromatic rings. The van der Waals surface area contributed by atoms with Crippen molar-refractivity contribution in [2.24, 2.45) is 0 Å².